The van der Waals surface area contributed by atoms with Crippen molar-refractivity contribution in [3.05, 3.63) is 41.2 Å². The van der Waals surface area contributed by atoms with Gasteiger partial charge in [0.2, 0.25) is 5.91 Å². The van der Waals surface area contributed by atoms with Crippen molar-refractivity contribution in [3.63, 3.8) is 0 Å². The number of rotatable bonds is 7. The van der Waals surface area contributed by atoms with E-state index in [4.69, 9.17) is 5.73 Å². The number of pyridine rings is 1. The zero-order valence-corrected chi connectivity index (χ0v) is 15.2. The lowest BCUT2D eigenvalue weighted by atomic mass is 10.0. The number of nitrogens with zero attached hydrogens (tertiary/aromatic N) is 3. The Bertz CT molecular complexity index is 669. The fraction of sp³-hybridized carbons (Fsp3) is 0.500. The van der Waals surface area contributed by atoms with Gasteiger partial charge in [0.25, 0.3) is 0 Å². The van der Waals surface area contributed by atoms with Crippen LogP contribution in [-0.2, 0) is 11.2 Å². The van der Waals surface area contributed by atoms with Crippen LogP contribution in [0.25, 0.3) is 0 Å². The third-order valence-electron chi connectivity index (χ3n) is 4.57. The maximum absolute atomic E-state index is 12.2. The van der Waals surface area contributed by atoms with Crippen molar-refractivity contribution in [1.82, 2.24) is 20.2 Å². The molecule has 3 heterocycles. The van der Waals surface area contributed by atoms with Gasteiger partial charge in [0.05, 0.1) is 11.7 Å². The molecule has 0 aromatic carbocycles. The van der Waals surface area contributed by atoms with Crippen LogP contribution in [0, 0.1) is 0 Å². The average Bonchev–Trinajstić information content (AvgIpc) is 3.07. The normalized spacial score (nSPS) is 16.5. The van der Waals surface area contributed by atoms with Crippen molar-refractivity contribution in [2.45, 2.75) is 38.1 Å². The van der Waals surface area contributed by atoms with Gasteiger partial charge < -0.3 is 11.1 Å². The number of nitrogen functional groups attached to an aromatic ring is 1. The van der Waals surface area contributed by atoms with E-state index in [1.165, 1.54) is 30.6 Å². The highest BCUT2D eigenvalue weighted by atomic mass is 32.1. The number of aryl methyl sites for hydroxylation is 1. The molecule has 2 aromatic heterocycles. The molecule has 3 rings (SSSR count). The molecule has 1 amide bonds. The standard InChI is InChI=1S/C18H25N5OS/c19-18-22-15(13-25-18)6-7-17(24)21-12-16(14-5-4-8-20-11-14)23-9-2-1-3-10-23/h4-5,8,11,13,16H,1-3,6-7,9-10,12H2,(H2,19,22)(H,21,24)/t16-/m1/s1. The van der Waals surface area contributed by atoms with Crippen LogP contribution < -0.4 is 11.1 Å². The third kappa shape index (κ3) is 5.24. The van der Waals surface area contributed by atoms with E-state index in [2.05, 4.69) is 26.3 Å². The minimum Gasteiger partial charge on any atom is -0.375 e. The number of hydrogen-bond donors (Lipinski definition) is 2. The number of thiazole rings is 1. The van der Waals surface area contributed by atoms with E-state index in [0.717, 1.165) is 24.3 Å². The van der Waals surface area contributed by atoms with Crippen LogP contribution >= 0.6 is 11.3 Å². The summed E-state index contributed by atoms with van der Waals surface area (Å²) in [7, 11) is 0. The van der Waals surface area contributed by atoms with Gasteiger partial charge in [0, 0.05) is 30.7 Å². The van der Waals surface area contributed by atoms with Crippen LogP contribution in [0.2, 0.25) is 0 Å². The molecule has 1 aliphatic heterocycles. The summed E-state index contributed by atoms with van der Waals surface area (Å²) in [5.74, 6) is 0.0532. The van der Waals surface area contributed by atoms with Gasteiger partial charge in [-0.25, -0.2) is 4.98 Å². The molecule has 0 aliphatic carbocycles. The first kappa shape index (κ1) is 17.8. The van der Waals surface area contributed by atoms with Crippen molar-refractivity contribution in [2.75, 3.05) is 25.4 Å². The van der Waals surface area contributed by atoms with Gasteiger partial charge in [-0.1, -0.05) is 12.5 Å². The lowest BCUT2D eigenvalue weighted by molar-refractivity contribution is -0.121. The fourth-order valence-electron chi connectivity index (χ4n) is 3.24. The van der Waals surface area contributed by atoms with Gasteiger partial charge in [0.15, 0.2) is 5.13 Å². The van der Waals surface area contributed by atoms with Crippen LogP contribution in [0.5, 0.6) is 0 Å². The second-order valence-corrected chi connectivity index (χ2v) is 7.27. The highest BCUT2D eigenvalue weighted by molar-refractivity contribution is 7.13. The molecule has 1 fully saturated rings. The lowest BCUT2D eigenvalue weighted by Crippen LogP contribution is -2.40. The Morgan fingerprint density at radius 2 is 2.20 bits per heavy atom. The van der Waals surface area contributed by atoms with Gasteiger partial charge in [-0.15, -0.1) is 11.3 Å². The summed E-state index contributed by atoms with van der Waals surface area (Å²) in [6.45, 7) is 2.77. The van der Waals surface area contributed by atoms with Gasteiger partial charge in [-0.2, -0.15) is 0 Å². The number of aromatic nitrogens is 2. The molecule has 0 bridgehead atoms. The van der Waals surface area contributed by atoms with E-state index >= 15 is 0 Å². The average molecular weight is 359 g/mol. The van der Waals surface area contributed by atoms with E-state index in [1.807, 2.05) is 17.6 Å². The number of amides is 1. The highest BCUT2D eigenvalue weighted by Gasteiger charge is 2.23. The van der Waals surface area contributed by atoms with E-state index in [9.17, 15) is 4.79 Å². The molecule has 0 radical (unpaired) electrons. The van der Waals surface area contributed by atoms with E-state index in [-0.39, 0.29) is 11.9 Å². The predicted octanol–water partition coefficient (Wildman–Crippen LogP) is 2.40. The first-order valence-corrected chi connectivity index (χ1v) is 9.71. The Labute approximate surface area is 152 Å². The first-order chi connectivity index (χ1) is 12.2. The van der Waals surface area contributed by atoms with Crippen LogP contribution in [0.3, 0.4) is 0 Å². The van der Waals surface area contributed by atoms with Crippen molar-refractivity contribution in [3.8, 4) is 0 Å². The Balaban J connectivity index is 1.55. The van der Waals surface area contributed by atoms with Gasteiger partial charge in [-0.05, 0) is 44.0 Å². The number of hydrogen-bond acceptors (Lipinski definition) is 6. The molecule has 6 nitrogen and oxygen atoms in total. The molecule has 2 aromatic rings. The monoisotopic (exact) mass is 359 g/mol. The van der Waals surface area contributed by atoms with Crippen LogP contribution in [-0.4, -0.2) is 40.4 Å². The Hall–Kier alpha value is -1.99. The van der Waals surface area contributed by atoms with Gasteiger partial charge >= 0.3 is 0 Å². The quantitative estimate of drug-likeness (QED) is 0.793. The second-order valence-electron chi connectivity index (χ2n) is 6.38. The summed E-state index contributed by atoms with van der Waals surface area (Å²) in [6.07, 6.45) is 8.48. The topological polar surface area (TPSA) is 84.1 Å². The smallest absolute Gasteiger partial charge is 0.220 e. The Kier molecular flexibility index (Phi) is 6.36. The maximum atomic E-state index is 12.2. The highest BCUT2D eigenvalue weighted by Crippen LogP contribution is 2.23. The summed E-state index contributed by atoms with van der Waals surface area (Å²) in [6, 6.07) is 4.24. The largest absolute Gasteiger partial charge is 0.375 e. The number of likely N-dealkylation sites (tertiary alicyclic amines) is 1. The molecule has 0 spiro atoms. The number of carbonyl (C=O) groups is 1. The maximum Gasteiger partial charge on any atom is 0.220 e. The Morgan fingerprint density at radius 1 is 1.36 bits per heavy atom. The molecule has 3 N–H and O–H groups in total. The number of nitrogens with one attached hydrogen (secondary N) is 1. The molecule has 0 unspecified atom stereocenters. The minimum atomic E-state index is 0.0532. The van der Waals surface area contributed by atoms with Crippen LogP contribution in [0.1, 0.15) is 43.0 Å². The molecule has 1 atom stereocenters. The number of nitrogens with two attached hydrogens (primary N) is 1. The zero-order chi connectivity index (χ0) is 17.5. The second kappa shape index (κ2) is 8.92. The summed E-state index contributed by atoms with van der Waals surface area (Å²) < 4.78 is 0. The minimum absolute atomic E-state index is 0.0532. The van der Waals surface area contributed by atoms with Crippen molar-refractivity contribution in [1.29, 1.82) is 0 Å². The summed E-state index contributed by atoms with van der Waals surface area (Å²) in [5, 5.41) is 5.56. The molecule has 0 saturated carbocycles. The fourth-order valence-corrected chi connectivity index (χ4v) is 3.84. The third-order valence-corrected chi connectivity index (χ3v) is 5.29. The first-order valence-electron chi connectivity index (χ1n) is 8.83. The summed E-state index contributed by atoms with van der Waals surface area (Å²) in [5.41, 5.74) is 7.68. The number of piperidine rings is 1. The molecule has 1 saturated heterocycles. The molecule has 134 valence electrons. The lowest BCUT2D eigenvalue weighted by Gasteiger charge is -2.34. The zero-order valence-electron chi connectivity index (χ0n) is 14.4. The molecular weight excluding hydrogens is 334 g/mol. The number of carbonyl (C=O) groups excluding carboxylic acids is 1. The Morgan fingerprint density at radius 3 is 2.88 bits per heavy atom. The molecule has 7 heteroatoms. The summed E-state index contributed by atoms with van der Waals surface area (Å²) >= 11 is 1.41. The van der Waals surface area contributed by atoms with E-state index < -0.39 is 0 Å². The molecule has 25 heavy (non-hydrogen) atoms. The van der Waals surface area contributed by atoms with E-state index in [1.54, 1.807) is 6.20 Å². The number of anilines is 1. The predicted molar refractivity (Wildman–Crippen MR) is 100 cm³/mol. The van der Waals surface area contributed by atoms with Crippen molar-refractivity contribution >= 4 is 22.4 Å². The van der Waals surface area contributed by atoms with Crippen molar-refractivity contribution < 1.29 is 4.79 Å². The summed E-state index contributed by atoms with van der Waals surface area (Å²) in [4.78, 5) is 23.1. The molecule has 1 aliphatic rings. The van der Waals surface area contributed by atoms with Gasteiger partial charge in [0.1, 0.15) is 0 Å². The van der Waals surface area contributed by atoms with Crippen LogP contribution in [0.4, 0.5) is 5.13 Å². The van der Waals surface area contributed by atoms with Gasteiger partial charge in [-0.3, -0.25) is 14.7 Å². The molecular formula is C18H25N5OS. The van der Waals surface area contributed by atoms with Crippen LogP contribution in [0.15, 0.2) is 29.9 Å². The van der Waals surface area contributed by atoms with Crippen molar-refractivity contribution in [2.24, 2.45) is 0 Å². The SMILES string of the molecule is Nc1nc(CCC(=O)NC[C@H](c2cccnc2)N2CCCCC2)cs1. The van der Waals surface area contributed by atoms with E-state index in [0.29, 0.717) is 24.5 Å².